The zero-order valence-electron chi connectivity index (χ0n) is 11.1. The monoisotopic (exact) mass is 278 g/mol. The molecule has 0 saturated heterocycles. The number of carbonyl (C=O) groups excluding carboxylic acids is 1. The highest BCUT2D eigenvalue weighted by atomic mass is 16.5. The molecule has 20 heavy (non-hydrogen) atoms. The molecule has 0 saturated carbocycles. The number of methoxy groups -OCH3 is 2. The molecule has 0 unspecified atom stereocenters. The average molecular weight is 278 g/mol. The Balaban J connectivity index is 1.94. The number of oxazole rings is 1. The van der Waals surface area contributed by atoms with Crippen LogP contribution >= 0.6 is 0 Å². The van der Waals surface area contributed by atoms with Crippen molar-refractivity contribution >= 4 is 11.9 Å². The molecule has 1 N–H and O–H groups in total. The third-order valence-corrected chi connectivity index (χ3v) is 2.52. The lowest BCUT2D eigenvalue weighted by molar-refractivity contribution is 0.154. The van der Waals surface area contributed by atoms with Crippen LogP contribution in [-0.2, 0) is 11.3 Å². The number of benzene rings is 1. The molecule has 7 nitrogen and oxygen atoms in total. The van der Waals surface area contributed by atoms with Gasteiger partial charge < -0.3 is 18.6 Å². The third kappa shape index (κ3) is 3.41. The summed E-state index contributed by atoms with van der Waals surface area (Å²) in [5.74, 6) is 1.54. The summed E-state index contributed by atoms with van der Waals surface area (Å²) in [6, 6.07) is 5.24. The van der Waals surface area contributed by atoms with Gasteiger partial charge in [0.1, 0.15) is 24.4 Å². The molecule has 0 aliphatic heterocycles. The predicted molar refractivity (Wildman–Crippen MR) is 69.9 cm³/mol. The summed E-state index contributed by atoms with van der Waals surface area (Å²) in [4.78, 5) is 15.3. The fourth-order valence-corrected chi connectivity index (χ4v) is 1.53. The summed E-state index contributed by atoms with van der Waals surface area (Å²) in [5.41, 5.74) is 0.726. The maximum absolute atomic E-state index is 11.5. The number of ether oxygens (including phenoxy) is 3. The van der Waals surface area contributed by atoms with Gasteiger partial charge in [0.15, 0.2) is 12.2 Å². The number of amides is 1. The predicted octanol–water partition coefficient (Wildman–Crippen LogP) is 2.44. The van der Waals surface area contributed by atoms with Crippen LogP contribution in [0.1, 0.15) is 5.56 Å². The van der Waals surface area contributed by atoms with Gasteiger partial charge in [-0.3, -0.25) is 5.32 Å². The molecule has 106 valence electrons. The van der Waals surface area contributed by atoms with Crippen molar-refractivity contribution in [2.24, 2.45) is 0 Å². The van der Waals surface area contributed by atoms with E-state index in [1.54, 1.807) is 25.3 Å². The van der Waals surface area contributed by atoms with Crippen molar-refractivity contribution in [1.29, 1.82) is 0 Å². The Labute approximate surface area is 115 Å². The molecule has 7 heteroatoms. The van der Waals surface area contributed by atoms with Crippen LogP contribution in [0, 0.1) is 0 Å². The SMILES string of the molecule is COc1ccc(COC(=O)Nc2cocn2)c(OC)c1. The molecule has 1 aromatic carbocycles. The van der Waals surface area contributed by atoms with E-state index in [0.29, 0.717) is 11.5 Å². The fraction of sp³-hybridized carbons (Fsp3) is 0.231. The topological polar surface area (TPSA) is 82.8 Å². The second-order valence-corrected chi connectivity index (χ2v) is 3.75. The van der Waals surface area contributed by atoms with E-state index in [2.05, 4.69) is 10.3 Å². The number of aromatic nitrogens is 1. The Bertz CT molecular complexity index is 568. The Morgan fingerprint density at radius 3 is 2.85 bits per heavy atom. The maximum Gasteiger partial charge on any atom is 0.413 e. The zero-order chi connectivity index (χ0) is 14.4. The van der Waals surface area contributed by atoms with Gasteiger partial charge in [-0.25, -0.2) is 4.79 Å². The standard InChI is InChI=1S/C13H14N2O5/c1-17-10-4-3-9(11(5-10)18-2)6-20-13(16)15-12-7-19-8-14-12/h3-5,7-8H,6H2,1-2H3,(H,15,16). The van der Waals surface area contributed by atoms with Gasteiger partial charge in [0.2, 0.25) is 0 Å². The first-order valence-electron chi connectivity index (χ1n) is 5.76. The first kappa shape index (κ1) is 13.7. The summed E-state index contributed by atoms with van der Waals surface area (Å²) in [6.45, 7) is 0.0663. The second kappa shape index (κ2) is 6.46. The number of anilines is 1. The van der Waals surface area contributed by atoms with Gasteiger partial charge in [-0.2, -0.15) is 4.98 Å². The number of nitrogens with zero attached hydrogens (tertiary/aromatic N) is 1. The molecule has 0 aliphatic rings. The van der Waals surface area contributed by atoms with E-state index in [4.69, 9.17) is 18.6 Å². The quantitative estimate of drug-likeness (QED) is 0.904. The first-order chi connectivity index (χ1) is 9.72. The zero-order valence-corrected chi connectivity index (χ0v) is 11.1. The smallest absolute Gasteiger partial charge is 0.413 e. The Kier molecular flexibility index (Phi) is 4.43. The van der Waals surface area contributed by atoms with Crippen molar-refractivity contribution in [2.75, 3.05) is 19.5 Å². The molecule has 0 atom stereocenters. The minimum Gasteiger partial charge on any atom is -0.497 e. The van der Waals surface area contributed by atoms with E-state index in [-0.39, 0.29) is 12.4 Å². The number of hydrogen-bond acceptors (Lipinski definition) is 6. The van der Waals surface area contributed by atoms with Crippen molar-refractivity contribution in [2.45, 2.75) is 6.61 Å². The molecular formula is C13H14N2O5. The molecule has 2 aromatic rings. The van der Waals surface area contributed by atoms with Gasteiger partial charge in [-0.05, 0) is 12.1 Å². The Morgan fingerprint density at radius 1 is 1.35 bits per heavy atom. The molecule has 2 rings (SSSR count). The van der Waals surface area contributed by atoms with Gasteiger partial charge >= 0.3 is 6.09 Å². The van der Waals surface area contributed by atoms with Crippen LogP contribution in [0.3, 0.4) is 0 Å². The highest BCUT2D eigenvalue weighted by Crippen LogP contribution is 2.25. The average Bonchev–Trinajstić information content (AvgIpc) is 2.97. The summed E-state index contributed by atoms with van der Waals surface area (Å²) < 4.78 is 20.1. The van der Waals surface area contributed by atoms with E-state index >= 15 is 0 Å². The molecule has 0 radical (unpaired) electrons. The summed E-state index contributed by atoms with van der Waals surface area (Å²) in [7, 11) is 3.10. The number of rotatable bonds is 5. The van der Waals surface area contributed by atoms with Crippen molar-refractivity contribution in [3.63, 3.8) is 0 Å². The van der Waals surface area contributed by atoms with Crippen LogP contribution in [0.25, 0.3) is 0 Å². The maximum atomic E-state index is 11.5. The van der Waals surface area contributed by atoms with Crippen LogP contribution in [-0.4, -0.2) is 25.3 Å². The number of nitrogens with one attached hydrogen (secondary N) is 1. The van der Waals surface area contributed by atoms with E-state index in [1.807, 2.05) is 0 Å². The van der Waals surface area contributed by atoms with E-state index in [1.165, 1.54) is 19.8 Å². The third-order valence-electron chi connectivity index (χ3n) is 2.52. The van der Waals surface area contributed by atoms with E-state index in [0.717, 1.165) is 5.56 Å². The van der Waals surface area contributed by atoms with Crippen molar-refractivity contribution < 1.29 is 23.4 Å². The van der Waals surface area contributed by atoms with Gasteiger partial charge in [0.05, 0.1) is 14.2 Å². The Hall–Kier alpha value is -2.70. The lowest BCUT2D eigenvalue weighted by Crippen LogP contribution is -2.14. The normalized spacial score (nSPS) is 9.90. The molecule has 1 aromatic heterocycles. The molecule has 0 bridgehead atoms. The van der Waals surface area contributed by atoms with Crippen LogP contribution < -0.4 is 14.8 Å². The lowest BCUT2D eigenvalue weighted by atomic mass is 10.2. The molecule has 1 amide bonds. The van der Waals surface area contributed by atoms with Gasteiger partial charge in [-0.15, -0.1) is 0 Å². The molecule has 0 spiro atoms. The molecule has 0 fully saturated rings. The van der Waals surface area contributed by atoms with Crippen LogP contribution in [0.4, 0.5) is 10.6 Å². The van der Waals surface area contributed by atoms with Crippen LogP contribution in [0.5, 0.6) is 11.5 Å². The minimum atomic E-state index is -0.628. The van der Waals surface area contributed by atoms with E-state index in [9.17, 15) is 4.79 Å². The number of carbonyl (C=O) groups is 1. The lowest BCUT2D eigenvalue weighted by Gasteiger charge is -2.10. The van der Waals surface area contributed by atoms with Crippen LogP contribution in [0.15, 0.2) is 35.3 Å². The molecule has 1 heterocycles. The fourth-order valence-electron chi connectivity index (χ4n) is 1.53. The molecule has 0 aliphatic carbocycles. The summed E-state index contributed by atoms with van der Waals surface area (Å²) >= 11 is 0. The second-order valence-electron chi connectivity index (χ2n) is 3.75. The van der Waals surface area contributed by atoms with Gasteiger partial charge in [-0.1, -0.05) is 0 Å². The van der Waals surface area contributed by atoms with Crippen molar-refractivity contribution in [3.8, 4) is 11.5 Å². The van der Waals surface area contributed by atoms with Gasteiger partial charge in [0.25, 0.3) is 0 Å². The first-order valence-corrected chi connectivity index (χ1v) is 5.76. The highest BCUT2D eigenvalue weighted by Gasteiger charge is 2.09. The summed E-state index contributed by atoms with van der Waals surface area (Å²) in [6.07, 6.45) is 1.88. The molecular weight excluding hydrogens is 264 g/mol. The minimum absolute atomic E-state index is 0.0663. The van der Waals surface area contributed by atoms with Crippen molar-refractivity contribution in [3.05, 3.63) is 36.4 Å². The van der Waals surface area contributed by atoms with Gasteiger partial charge in [0, 0.05) is 11.6 Å². The van der Waals surface area contributed by atoms with Crippen LogP contribution in [0.2, 0.25) is 0 Å². The number of hydrogen-bond donors (Lipinski definition) is 1. The summed E-state index contributed by atoms with van der Waals surface area (Å²) in [5, 5.41) is 2.42. The van der Waals surface area contributed by atoms with Crippen molar-refractivity contribution in [1.82, 2.24) is 4.98 Å². The largest absolute Gasteiger partial charge is 0.497 e. The Morgan fingerprint density at radius 2 is 2.20 bits per heavy atom. The highest BCUT2D eigenvalue weighted by molar-refractivity contribution is 5.82. The van der Waals surface area contributed by atoms with E-state index < -0.39 is 6.09 Å².